The van der Waals surface area contributed by atoms with Crippen LogP contribution in [0.4, 0.5) is 0 Å². The summed E-state index contributed by atoms with van der Waals surface area (Å²) >= 11 is 0. The molecule has 0 aliphatic carbocycles. The molecule has 1 aliphatic heterocycles. The lowest BCUT2D eigenvalue weighted by molar-refractivity contribution is 0.0659. The van der Waals surface area contributed by atoms with E-state index in [1.54, 1.807) is 0 Å². The predicted molar refractivity (Wildman–Crippen MR) is 97.1 cm³/mol. The SMILES string of the molecule is CCn1ccnc1CN1CCN(Cc2nc3ccccc3o2)C[C@H]1C. The van der Waals surface area contributed by atoms with Crippen molar-refractivity contribution in [3.8, 4) is 0 Å². The van der Waals surface area contributed by atoms with Gasteiger partial charge in [-0.2, -0.15) is 0 Å². The molecule has 0 unspecified atom stereocenters. The van der Waals surface area contributed by atoms with Gasteiger partial charge in [-0.15, -0.1) is 0 Å². The Balaban J connectivity index is 1.37. The van der Waals surface area contributed by atoms with Gasteiger partial charge >= 0.3 is 0 Å². The Bertz CT molecular complexity index is 806. The summed E-state index contributed by atoms with van der Waals surface area (Å²) in [5.41, 5.74) is 1.81. The van der Waals surface area contributed by atoms with Crippen LogP contribution >= 0.6 is 0 Å². The first kappa shape index (κ1) is 16.3. The molecular formula is C19H25N5O. The van der Waals surface area contributed by atoms with Crippen molar-refractivity contribution >= 4 is 11.1 Å². The second kappa shape index (κ2) is 6.98. The molecule has 2 aromatic heterocycles. The van der Waals surface area contributed by atoms with Crippen molar-refractivity contribution in [2.45, 2.75) is 39.5 Å². The van der Waals surface area contributed by atoms with Crippen LogP contribution in [0, 0.1) is 0 Å². The molecule has 3 aromatic rings. The predicted octanol–water partition coefficient (Wildman–Crippen LogP) is 2.75. The van der Waals surface area contributed by atoms with Gasteiger partial charge in [0.05, 0.1) is 13.1 Å². The van der Waals surface area contributed by atoms with E-state index in [-0.39, 0.29) is 0 Å². The van der Waals surface area contributed by atoms with Gasteiger partial charge < -0.3 is 8.98 Å². The zero-order valence-electron chi connectivity index (χ0n) is 14.9. The average molecular weight is 339 g/mol. The van der Waals surface area contributed by atoms with Crippen LogP contribution in [0.1, 0.15) is 25.6 Å². The first-order valence-corrected chi connectivity index (χ1v) is 9.04. The number of fused-ring (bicyclic) bond motifs is 1. The molecule has 0 radical (unpaired) electrons. The third-order valence-corrected chi connectivity index (χ3v) is 5.03. The highest BCUT2D eigenvalue weighted by atomic mass is 16.3. The molecule has 6 heteroatoms. The van der Waals surface area contributed by atoms with Crippen LogP contribution < -0.4 is 0 Å². The fraction of sp³-hybridized carbons (Fsp3) is 0.474. The molecule has 0 N–H and O–H groups in total. The highest BCUT2D eigenvalue weighted by molar-refractivity contribution is 5.72. The van der Waals surface area contributed by atoms with E-state index in [1.165, 1.54) is 0 Å². The molecule has 0 spiro atoms. The first-order valence-electron chi connectivity index (χ1n) is 9.04. The van der Waals surface area contributed by atoms with Crippen molar-refractivity contribution in [3.05, 3.63) is 48.4 Å². The number of hydrogen-bond donors (Lipinski definition) is 0. The van der Waals surface area contributed by atoms with Gasteiger partial charge in [0.2, 0.25) is 5.89 Å². The highest BCUT2D eigenvalue weighted by Crippen LogP contribution is 2.19. The normalized spacial score (nSPS) is 19.7. The van der Waals surface area contributed by atoms with Crippen molar-refractivity contribution in [3.63, 3.8) is 0 Å². The maximum atomic E-state index is 5.87. The van der Waals surface area contributed by atoms with E-state index >= 15 is 0 Å². The summed E-state index contributed by atoms with van der Waals surface area (Å²) in [6, 6.07) is 8.44. The molecule has 132 valence electrons. The number of rotatable bonds is 5. The van der Waals surface area contributed by atoms with Crippen molar-refractivity contribution in [1.29, 1.82) is 0 Å². The number of nitrogens with zero attached hydrogens (tertiary/aromatic N) is 5. The van der Waals surface area contributed by atoms with Crippen LogP contribution in [-0.2, 0) is 19.6 Å². The Kier molecular flexibility index (Phi) is 4.55. The summed E-state index contributed by atoms with van der Waals surface area (Å²) in [5, 5.41) is 0. The molecule has 1 aromatic carbocycles. The Morgan fingerprint density at radius 1 is 1.20 bits per heavy atom. The minimum atomic E-state index is 0.486. The Morgan fingerprint density at radius 3 is 2.88 bits per heavy atom. The average Bonchev–Trinajstić information content (AvgIpc) is 3.22. The van der Waals surface area contributed by atoms with Gasteiger partial charge in [-0.1, -0.05) is 12.1 Å². The fourth-order valence-corrected chi connectivity index (χ4v) is 3.59. The summed E-state index contributed by atoms with van der Waals surface area (Å²) < 4.78 is 8.09. The number of piperazine rings is 1. The van der Waals surface area contributed by atoms with E-state index in [1.807, 2.05) is 30.5 Å². The van der Waals surface area contributed by atoms with Gasteiger partial charge in [-0.25, -0.2) is 9.97 Å². The molecule has 1 aliphatic rings. The second-order valence-electron chi connectivity index (χ2n) is 6.76. The molecule has 0 saturated carbocycles. The van der Waals surface area contributed by atoms with Gasteiger partial charge in [-0.3, -0.25) is 9.80 Å². The number of aryl methyl sites for hydroxylation is 1. The van der Waals surface area contributed by atoms with Crippen molar-refractivity contribution in [2.24, 2.45) is 0 Å². The highest BCUT2D eigenvalue weighted by Gasteiger charge is 2.25. The largest absolute Gasteiger partial charge is 0.439 e. The maximum absolute atomic E-state index is 5.87. The third-order valence-electron chi connectivity index (χ3n) is 5.03. The third kappa shape index (κ3) is 3.45. The maximum Gasteiger partial charge on any atom is 0.209 e. The molecule has 3 heterocycles. The summed E-state index contributed by atoms with van der Waals surface area (Å²) in [4.78, 5) is 14.0. The summed E-state index contributed by atoms with van der Waals surface area (Å²) in [6.07, 6.45) is 3.95. The number of hydrogen-bond acceptors (Lipinski definition) is 5. The summed E-state index contributed by atoms with van der Waals surface area (Å²) in [7, 11) is 0. The quantitative estimate of drug-likeness (QED) is 0.715. The minimum absolute atomic E-state index is 0.486. The standard InChI is InChI=1S/C19H25N5O/c1-3-23-9-8-20-18(23)13-24-11-10-22(12-15(24)2)14-19-21-16-6-4-5-7-17(16)25-19/h4-9,15H,3,10-14H2,1-2H3/t15-/m1/s1. The number of oxazole rings is 1. The van der Waals surface area contributed by atoms with Crippen LogP contribution in [0.3, 0.4) is 0 Å². The van der Waals surface area contributed by atoms with Gasteiger partial charge in [0.15, 0.2) is 5.58 Å². The monoisotopic (exact) mass is 339 g/mol. The molecule has 0 bridgehead atoms. The van der Waals surface area contributed by atoms with Crippen molar-refractivity contribution in [1.82, 2.24) is 24.3 Å². The number of aromatic nitrogens is 3. The summed E-state index contributed by atoms with van der Waals surface area (Å²) in [5.74, 6) is 1.96. The Morgan fingerprint density at radius 2 is 2.08 bits per heavy atom. The summed E-state index contributed by atoms with van der Waals surface area (Å²) in [6.45, 7) is 10.2. The molecule has 1 fully saturated rings. The number of imidazole rings is 1. The molecule has 6 nitrogen and oxygen atoms in total. The topological polar surface area (TPSA) is 50.3 Å². The number of benzene rings is 1. The van der Waals surface area contributed by atoms with Crippen LogP contribution in [0.25, 0.3) is 11.1 Å². The van der Waals surface area contributed by atoms with E-state index in [9.17, 15) is 0 Å². The fourth-order valence-electron chi connectivity index (χ4n) is 3.59. The van der Waals surface area contributed by atoms with E-state index in [2.05, 4.69) is 44.4 Å². The Hall–Kier alpha value is -2.18. The van der Waals surface area contributed by atoms with Gasteiger partial charge in [0, 0.05) is 44.6 Å². The number of para-hydroxylation sites is 2. The molecular weight excluding hydrogens is 314 g/mol. The lowest BCUT2D eigenvalue weighted by atomic mass is 10.2. The van der Waals surface area contributed by atoms with Crippen LogP contribution in [-0.4, -0.2) is 50.0 Å². The van der Waals surface area contributed by atoms with E-state index in [0.29, 0.717) is 6.04 Å². The lowest BCUT2D eigenvalue weighted by Gasteiger charge is -2.39. The molecule has 25 heavy (non-hydrogen) atoms. The smallest absolute Gasteiger partial charge is 0.209 e. The second-order valence-corrected chi connectivity index (χ2v) is 6.76. The molecule has 0 amide bonds. The van der Waals surface area contributed by atoms with Crippen LogP contribution in [0.5, 0.6) is 0 Å². The first-order chi connectivity index (χ1) is 12.2. The van der Waals surface area contributed by atoms with Gasteiger partial charge in [-0.05, 0) is 26.0 Å². The zero-order chi connectivity index (χ0) is 17.2. The van der Waals surface area contributed by atoms with E-state index < -0.39 is 0 Å². The van der Waals surface area contributed by atoms with E-state index in [4.69, 9.17) is 4.42 Å². The van der Waals surface area contributed by atoms with Crippen LogP contribution in [0.15, 0.2) is 41.1 Å². The molecule has 4 rings (SSSR count). The van der Waals surface area contributed by atoms with Crippen molar-refractivity contribution in [2.75, 3.05) is 19.6 Å². The minimum Gasteiger partial charge on any atom is -0.439 e. The molecule has 1 saturated heterocycles. The Labute approximate surface area is 148 Å². The zero-order valence-corrected chi connectivity index (χ0v) is 14.9. The van der Waals surface area contributed by atoms with Gasteiger partial charge in [0.25, 0.3) is 0 Å². The van der Waals surface area contributed by atoms with E-state index in [0.717, 1.165) is 62.1 Å². The molecule has 1 atom stereocenters. The lowest BCUT2D eigenvalue weighted by Crippen LogP contribution is -2.51. The van der Waals surface area contributed by atoms with Crippen molar-refractivity contribution < 1.29 is 4.42 Å². The van der Waals surface area contributed by atoms with Crippen LogP contribution in [0.2, 0.25) is 0 Å². The van der Waals surface area contributed by atoms with Gasteiger partial charge in [0.1, 0.15) is 11.3 Å².